The summed E-state index contributed by atoms with van der Waals surface area (Å²) < 4.78 is 18.7. The Bertz CT molecular complexity index is 797. The Kier molecular flexibility index (Phi) is 5.10. The Balaban J connectivity index is 1.53. The largest absolute Gasteiger partial charge is 0.488 e. The summed E-state index contributed by atoms with van der Waals surface area (Å²) in [5, 5.41) is 11.9. The van der Waals surface area contributed by atoms with E-state index in [1.807, 2.05) is 36.4 Å². The number of aliphatic hydroxyl groups is 1. The van der Waals surface area contributed by atoms with Crippen LogP contribution in [0.25, 0.3) is 10.9 Å². The summed E-state index contributed by atoms with van der Waals surface area (Å²) >= 11 is 1.45. The molecule has 1 aromatic heterocycles. The number of para-hydroxylation sites is 2. The number of rotatable bonds is 6. The van der Waals surface area contributed by atoms with E-state index < -0.39 is 11.9 Å². The number of fused-ring (bicyclic) bond motifs is 1. The van der Waals surface area contributed by atoms with Gasteiger partial charge in [0.15, 0.2) is 11.6 Å². The van der Waals surface area contributed by atoms with Gasteiger partial charge in [0, 0.05) is 11.1 Å². The van der Waals surface area contributed by atoms with E-state index >= 15 is 0 Å². The van der Waals surface area contributed by atoms with E-state index in [2.05, 4.69) is 4.98 Å². The number of ether oxygens (including phenoxy) is 1. The molecule has 0 unspecified atom stereocenters. The maximum Gasteiger partial charge on any atom is 0.165 e. The number of aromatic nitrogens is 1. The van der Waals surface area contributed by atoms with Gasteiger partial charge in [0.2, 0.25) is 0 Å². The Morgan fingerprint density at radius 3 is 2.70 bits per heavy atom. The zero-order valence-electron chi connectivity index (χ0n) is 12.4. The normalized spacial score (nSPS) is 12.3. The van der Waals surface area contributed by atoms with Crippen LogP contribution in [-0.2, 0) is 0 Å². The first kappa shape index (κ1) is 15.8. The fourth-order valence-corrected chi connectivity index (χ4v) is 2.89. The van der Waals surface area contributed by atoms with Crippen LogP contribution in [0.3, 0.4) is 0 Å². The second-order valence-electron chi connectivity index (χ2n) is 5.05. The van der Waals surface area contributed by atoms with Gasteiger partial charge in [0.1, 0.15) is 6.61 Å². The summed E-state index contributed by atoms with van der Waals surface area (Å²) in [5.74, 6) is 0.156. The molecule has 3 rings (SSSR count). The predicted molar refractivity (Wildman–Crippen MR) is 90.4 cm³/mol. The van der Waals surface area contributed by atoms with Crippen molar-refractivity contribution < 1.29 is 14.2 Å². The van der Waals surface area contributed by atoms with Gasteiger partial charge in [-0.2, -0.15) is 0 Å². The molecular weight excluding hydrogens is 313 g/mol. The molecule has 0 aliphatic heterocycles. The van der Waals surface area contributed by atoms with Crippen LogP contribution in [-0.4, -0.2) is 28.6 Å². The SMILES string of the molecule is O[C@H](COc1ccccc1F)CSc1ccc2ccccc2n1. The van der Waals surface area contributed by atoms with Gasteiger partial charge in [0.05, 0.1) is 16.6 Å². The first-order valence-corrected chi connectivity index (χ1v) is 8.25. The molecule has 3 nitrogen and oxygen atoms in total. The lowest BCUT2D eigenvalue weighted by Gasteiger charge is -2.12. The minimum absolute atomic E-state index is 0.0432. The fraction of sp³-hybridized carbons (Fsp3) is 0.167. The van der Waals surface area contributed by atoms with E-state index in [0.29, 0.717) is 5.75 Å². The third-order valence-corrected chi connectivity index (χ3v) is 4.34. The number of pyridine rings is 1. The minimum Gasteiger partial charge on any atom is -0.488 e. The molecule has 1 atom stereocenters. The Morgan fingerprint density at radius 1 is 1.04 bits per heavy atom. The highest BCUT2D eigenvalue weighted by atomic mass is 32.2. The van der Waals surface area contributed by atoms with Gasteiger partial charge in [-0.25, -0.2) is 9.37 Å². The maximum atomic E-state index is 13.4. The number of hydrogen-bond donors (Lipinski definition) is 1. The van der Waals surface area contributed by atoms with E-state index in [1.165, 1.54) is 17.8 Å². The molecule has 0 aliphatic rings. The Morgan fingerprint density at radius 2 is 1.83 bits per heavy atom. The van der Waals surface area contributed by atoms with Crippen molar-refractivity contribution in [3.8, 4) is 5.75 Å². The van der Waals surface area contributed by atoms with Gasteiger partial charge < -0.3 is 9.84 Å². The molecule has 1 heterocycles. The Hall–Kier alpha value is -2.11. The molecule has 0 amide bonds. The van der Waals surface area contributed by atoms with Crippen LogP contribution in [0.5, 0.6) is 5.75 Å². The summed E-state index contributed by atoms with van der Waals surface area (Å²) in [7, 11) is 0. The average Bonchev–Trinajstić information content (AvgIpc) is 2.59. The van der Waals surface area contributed by atoms with Crippen molar-refractivity contribution in [2.75, 3.05) is 12.4 Å². The number of thioether (sulfide) groups is 1. The van der Waals surface area contributed by atoms with Crippen LogP contribution in [0.1, 0.15) is 0 Å². The quantitative estimate of drug-likeness (QED) is 0.696. The van der Waals surface area contributed by atoms with Crippen LogP contribution < -0.4 is 4.74 Å². The minimum atomic E-state index is -0.701. The van der Waals surface area contributed by atoms with E-state index in [9.17, 15) is 9.50 Å². The van der Waals surface area contributed by atoms with E-state index in [0.717, 1.165) is 15.9 Å². The number of hydrogen-bond acceptors (Lipinski definition) is 4. The Labute approximate surface area is 138 Å². The van der Waals surface area contributed by atoms with Crippen molar-refractivity contribution in [1.82, 2.24) is 4.98 Å². The van der Waals surface area contributed by atoms with Crippen molar-refractivity contribution in [2.45, 2.75) is 11.1 Å². The molecule has 3 aromatic rings. The van der Waals surface area contributed by atoms with Gasteiger partial charge in [0.25, 0.3) is 0 Å². The van der Waals surface area contributed by atoms with Crippen molar-refractivity contribution in [1.29, 1.82) is 0 Å². The molecule has 0 aliphatic carbocycles. The molecule has 0 radical (unpaired) electrons. The lowest BCUT2D eigenvalue weighted by molar-refractivity contribution is 0.123. The third-order valence-electron chi connectivity index (χ3n) is 3.26. The third kappa shape index (κ3) is 4.21. The molecule has 23 heavy (non-hydrogen) atoms. The highest BCUT2D eigenvalue weighted by Crippen LogP contribution is 2.21. The van der Waals surface area contributed by atoms with Crippen LogP contribution in [0.4, 0.5) is 4.39 Å². The molecule has 0 spiro atoms. The van der Waals surface area contributed by atoms with Crippen molar-refractivity contribution in [3.63, 3.8) is 0 Å². The van der Waals surface area contributed by atoms with Gasteiger partial charge in [-0.15, -0.1) is 11.8 Å². The van der Waals surface area contributed by atoms with E-state index in [-0.39, 0.29) is 12.4 Å². The molecular formula is C18H16FNO2S. The van der Waals surface area contributed by atoms with Crippen LogP contribution >= 0.6 is 11.8 Å². The zero-order chi connectivity index (χ0) is 16.1. The molecule has 0 fully saturated rings. The topological polar surface area (TPSA) is 42.4 Å². The highest BCUT2D eigenvalue weighted by molar-refractivity contribution is 7.99. The number of benzene rings is 2. The summed E-state index contributed by atoms with van der Waals surface area (Å²) in [4.78, 5) is 4.53. The van der Waals surface area contributed by atoms with Gasteiger partial charge >= 0.3 is 0 Å². The predicted octanol–water partition coefficient (Wildman–Crippen LogP) is 3.91. The van der Waals surface area contributed by atoms with Gasteiger partial charge in [-0.1, -0.05) is 36.4 Å². The van der Waals surface area contributed by atoms with Gasteiger partial charge in [-0.05, 0) is 24.3 Å². The molecule has 0 bridgehead atoms. The zero-order valence-corrected chi connectivity index (χ0v) is 13.2. The average molecular weight is 329 g/mol. The molecule has 118 valence electrons. The summed E-state index contributed by atoms with van der Waals surface area (Å²) in [5.41, 5.74) is 0.926. The summed E-state index contributed by atoms with van der Waals surface area (Å²) in [6.07, 6.45) is -0.701. The van der Waals surface area contributed by atoms with Crippen molar-refractivity contribution in [3.05, 3.63) is 66.5 Å². The molecule has 0 saturated heterocycles. The second-order valence-corrected chi connectivity index (χ2v) is 6.09. The van der Waals surface area contributed by atoms with Crippen LogP contribution in [0.15, 0.2) is 65.7 Å². The first-order valence-electron chi connectivity index (χ1n) is 7.26. The number of nitrogens with zero attached hydrogens (tertiary/aromatic N) is 1. The maximum absolute atomic E-state index is 13.4. The smallest absolute Gasteiger partial charge is 0.165 e. The standard InChI is InChI=1S/C18H16FNO2S/c19-15-6-2-4-8-17(15)22-11-14(21)12-23-18-10-9-13-5-1-3-7-16(13)20-18/h1-10,14,21H,11-12H2/t14-/m1/s1. The number of aliphatic hydroxyl groups excluding tert-OH is 1. The molecule has 0 saturated carbocycles. The van der Waals surface area contributed by atoms with Crippen LogP contribution in [0.2, 0.25) is 0 Å². The van der Waals surface area contributed by atoms with E-state index in [4.69, 9.17) is 4.74 Å². The van der Waals surface area contributed by atoms with Gasteiger partial charge in [-0.3, -0.25) is 0 Å². The highest BCUT2D eigenvalue weighted by Gasteiger charge is 2.09. The molecule has 5 heteroatoms. The van der Waals surface area contributed by atoms with Crippen LogP contribution in [0, 0.1) is 5.82 Å². The summed E-state index contributed by atoms with van der Waals surface area (Å²) in [6, 6.07) is 18.0. The lowest BCUT2D eigenvalue weighted by Crippen LogP contribution is -2.20. The molecule has 2 aromatic carbocycles. The number of halogens is 1. The molecule has 1 N–H and O–H groups in total. The monoisotopic (exact) mass is 329 g/mol. The summed E-state index contributed by atoms with van der Waals surface area (Å²) in [6.45, 7) is 0.0432. The lowest BCUT2D eigenvalue weighted by atomic mass is 10.2. The first-order chi connectivity index (χ1) is 11.2. The van der Waals surface area contributed by atoms with Crippen molar-refractivity contribution in [2.24, 2.45) is 0 Å². The van der Waals surface area contributed by atoms with Crippen molar-refractivity contribution >= 4 is 22.7 Å². The van der Waals surface area contributed by atoms with E-state index in [1.54, 1.807) is 18.2 Å². The fourth-order valence-electron chi connectivity index (χ4n) is 2.11. The second kappa shape index (κ2) is 7.44.